The van der Waals surface area contributed by atoms with Crippen LogP contribution in [-0.4, -0.2) is 27.9 Å². The van der Waals surface area contributed by atoms with Crippen LogP contribution >= 0.6 is 0 Å². The standard InChI is InChI=1S/C14H23N3O2/c1-14(2,3)19-9-13(18)16-11-6-5-7-12-10(11)8-15-17(12)4/h8,11H,5-7,9H2,1-4H3,(H,16,18). The Morgan fingerprint density at radius 2 is 2.32 bits per heavy atom. The zero-order valence-electron chi connectivity index (χ0n) is 12.2. The molecule has 2 rings (SSSR count). The highest BCUT2D eigenvalue weighted by atomic mass is 16.5. The van der Waals surface area contributed by atoms with E-state index in [0.717, 1.165) is 24.8 Å². The third kappa shape index (κ3) is 3.56. The number of carbonyl (C=O) groups excluding carboxylic acids is 1. The number of aromatic nitrogens is 2. The average molecular weight is 265 g/mol. The van der Waals surface area contributed by atoms with Gasteiger partial charge in [0.2, 0.25) is 5.91 Å². The second-order valence-electron chi connectivity index (χ2n) is 6.08. The van der Waals surface area contributed by atoms with Crippen molar-refractivity contribution in [1.29, 1.82) is 0 Å². The van der Waals surface area contributed by atoms with Gasteiger partial charge in [0, 0.05) is 18.3 Å². The first-order chi connectivity index (χ1) is 8.87. The van der Waals surface area contributed by atoms with E-state index in [4.69, 9.17) is 4.74 Å². The van der Waals surface area contributed by atoms with Crippen molar-refractivity contribution < 1.29 is 9.53 Å². The van der Waals surface area contributed by atoms with Gasteiger partial charge in [-0.1, -0.05) is 0 Å². The quantitative estimate of drug-likeness (QED) is 0.905. The van der Waals surface area contributed by atoms with Crippen LogP contribution in [0.15, 0.2) is 6.20 Å². The number of rotatable bonds is 3. The predicted octanol–water partition coefficient (Wildman–Crippen LogP) is 1.73. The Morgan fingerprint density at radius 1 is 1.58 bits per heavy atom. The number of fused-ring (bicyclic) bond motifs is 1. The normalized spacial score (nSPS) is 19.1. The van der Waals surface area contributed by atoms with Crippen LogP contribution in [0.2, 0.25) is 0 Å². The summed E-state index contributed by atoms with van der Waals surface area (Å²) >= 11 is 0. The van der Waals surface area contributed by atoms with E-state index in [0.29, 0.717) is 0 Å². The number of carbonyl (C=O) groups is 1. The maximum absolute atomic E-state index is 11.9. The van der Waals surface area contributed by atoms with Crippen molar-refractivity contribution in [2.24, 2.45) is 7.05 Å². The molecule has 1 aliphatic rings. The van der Waals surface area contributed by atoms with Gasteiger partial charge in [-0.05, 0) is 40.0 Å². The Hall–Kier alpha value is -1.36. The summed E-state index contributed by atoms with van der Waals surface area (Å²) < 4.78 is 7.40. The number of hydrogen-bond acceptors (Lipinski definition) is 3. The fourth-order valence-corrected chi connectivity index (χ4v) is 2.37. The molecule has 0 bridgehead atoms. The van der Waals surface area contributed by atoms with Crippen LogP contribution in [0.4, 0.5) is 0 Å². The summed E-state index contributed by atoms with van der Waals surface area (Å²) in [5.74, 6) is -0.0587. The molecule has 0 fully saturated rings. The first kappa shape index (κ1) is 14.1. The molecule has 1 aliphatic carbocycles. The minimum atomic E-state index is -0.288. The first-order valence-electron chi connectivity index (χ1n) is 6.81. The van der Waals surface area contributed by atoms with Crippen LogP contribution in [0.25, 0.3) is 0 Å². The molecule has 0 saturated heterocycles. The third-order valence-corrected chi connectivity index (χ3v) is 3.35. The number of aryl methyl sites for hydroxylation is 1. The number of ether oxygens (including phenoxy) is 1. The Morgan fingerprint density at radius 3 is 3.00 bits per heavy atom. The van der Waals surface area contributed by atoms with Crippen molar-refractivity contribution in [3.8, 4) is 0 Å². The molecule has 19 heavy (non-hydrogen) atoms. The molecule has 0 aliphatic heterocycles. The van der Waals surface area contributed by atoms with Crippen LogP contribution in [0.5, 0.6) is 0 Å². The molecule has 1 unspecified atom stereocenters. The molecule has 0 radical (unpaired) electrons. The van der Waals surface area contributed by atoms with Gasteiger partial charge in [-0.25, -0.2) is 0 Å². The largest absolute Gasteiger partial charge is 0.366 e. The molecule has 5 nitrogen and oxygen atoms in total. The lowest BCUT2D eigenvalue weighted by Gasteiger charge is -2.25. The summed E-state index contributed by atoms with van der Waals surface area (Å²) in [5, 5.41) is 7.32. The molecule has 0 aromatic carbocycles. The fourth-order valence-electron chi connectivity index (χ4n) is 2.37. The van der Waals surface area contributed by atoms with E-state index in [-0.39, 0.29) is 24.2 Å². The van der Waals surface area contributed by atoms with E-state index in [1.807, 2.05) is 38.7 Å². The molecule has 1 atom stereocenters. The highest BCUT2D eigenvalue weighted by Gasteiger charge is 2.25. The maximum atomic E-state index is 11.9. The highest BCUT2D eigenvalue weighted by molar-refractivity contribution is 5.77. The Balaban J connectivity index is 1.95. The zero-order valence-corrected chi connectivity index (χ0v) is 12.2. The van der Waals surface area contributed by atoms with Gasteiger partial charge in [-0.2, -0.15) is 5.10 Å². The monoisotopic (exact) mass is 265 g/mol. The molecule has 0 spiro atoms. The summed E-state index contributed by atoms with van der Waals surface area (Å²) in [5.41, 5.74) is 2.09. The van der Waals surface area contributed by atoms with Gasteiger partial charge >= 0.3 is 0 Å². The second kappa shape index (κ2) is 5.33. The second-order valence-corrected chi connectivity index (χ2v) is 6.08. The number of hydrogen-bond donors (Lipinski definition) is 1. The minimum Gasteiger partial charge on any atom is -0.366 e. The van der Waals surface area contributed by atoms with Gasteiger partial charge in [0.25, 0.3) is 0 Å². The average Bonchev–Trinajstić information content (AvgIpc) is 2.69. The summed E-state index contributed by atoms with van der Waals surface area (Å²) in [6.45, 7) is 5.94. The molecule has 1 heterocycles. The van der Waals surface area contributed by atoms with E-state index < -0.39 is 0 Å². The van der Waals surface area contributed by atoms with Crippen LogP contribution in [0.1, 0.15) is 50.9 Å². The lowest BCUT2D eigenvalue weighted by molar-refractivity contribution is -0.131. The van der Waals surface area contributed by atoms with Crippen molar-refractivity contribution in [1.82, 2.24) is 15.1 Å². The van der Waals surface area contributed by atoms with Crippen molar-refractivity contribution in [2.45, 2.75) is 51.7 Å². The van der Waals surface area contributed by atoms with Crippen LogP contribution in [0, 0.1) is 0 Å². The molecule has 5 heteroatoms. The molecule has 1 aromatic rings. The summed E-state index contributed by atoms with van der Waals surface area (Å²) in [6, 6.07) is 0.0773. The molecule has 1 amide bonds. The Kier molecular flexibility index (Phi) is 3.94. The maximum Gasteiger partial charge on any atom is 0.246 e. The number of nitrogens with zero attached hydrogens (tertiary/aromatic N) is 2. The van der Waals surface area contributed by atoms with Crippen molar-refractivity contribution >= 4 is 5.91 Å². The van der Waals surface area contributed by atoms with Crippen LogP contribution in [-0.2, 0) is 23.0 Å². The van der Waals surface area contributed by atoms with Crippen molar-refractivity contribution in [2.75, 3.05) is 6.61 Å². The minimum absolute atomic E-state index is 0.0587. The van der Waals surface area contributed by atoms with Gasteiger partial charge in [0.1, 0.15) is 6.61 Å². The highest BCUT2D eigenvalue weighted by Crippen LogP contribution is 2.28. The number of amides is 1. The van der Waals surface area contributed by atoms with Crippen LogP contribution in [0.3, 0.4) is 0 Å². The van der Waals surface area contributed by atoms with Crippen molar-refractivity contribution in [3.63, 3.8) is 0 Å². The van der Waals surface area contributed by atoms with Gasteiger partial charge in [-0.15, -0.1) is 0 Å². The van der Waals surface area contributed by atoms with E-state index in [9.17, 15) is 4.79 Å². The zero-order chi connectivity index (χ0) is 14.0. The van der Waals surface area contributed by atoms with Crippen LogP contribution < -0.4 is 5.32 Å². The Bertz CT molecular complexity index is 460. The molecule has 1 aromatic heterocycles. The van der Waals surface area contributed by atoms with Gasteiger partial charge < -0.3 is 10.1 Å². The van der Waals surface area contributed by atoms with E-state index in [1.54, 1.807) is 0 Å². The molecular weight excluding hydrogens is 242 g/mol. The summed E-state index contributed by atoms with van der Waals surface area (Å²) in [7, 11) is 1.95. The predicted molar refractivity (Wildman–Crippen MR) is 72.7 cm³/mol. The summed E-state index contributed by atoms with van der Waals surface area (Å²) in [4.78, 5) is 11.9. The molecule has 0 saturated carbocycles. The van der Waals surface area contributed by atoms with E-state index in [1.165, 1.54) is 5.69 Å². The topological polar surface area (TPSA) is 56.2 Å². The molecule has 1 N–H and O–H groups in total. The van der Waals surface area contributed by atoms with E-state index in [2.05, 4.69) is 10.4 Å². The first-order valence-corrected chi connectivity index (χ1v) is 6.81. The third-order valence-electron chi connectivity index (χ3n) is 3.35. The lowest BCUT2D eigenvalue weighted by Crippen LogP contribution is -2.35. The molecule has 106 valence electrons. The van der Waals surface area contributed by atoms with Gasteiger partial charge in [0.15, 0.2) is 0 Å². The lowest BCUT2D eigenvalue weighted by atomic mass is 9.93. The summed E-state index contributed by atoms with van der Waals surface area (Å²) in [6.07, 6.45) is 4.96. The van der Waals surface area contributed by atoms with E-state index >= 15 is 0 Å². The van der Waals surface area contributed by atoms with Gasteiger partial charge in [0.05, 0.1) is 17.8 Å². The van der Waals surface area contributed by atoms with Gasteiger partial charge in [-0.3, -0.25) is 9.48 Å². The molecular formula is C14H23N3O2. The smallest absolute Gasteiger partial charge is 0.246 e. The fraction of sp³-hybridized carbons (Fsp3) is 0.714. The number of nitrogens with one attached hydrogen (secondary N) is 1. The Labute approximate surface area is 114 Å². The SMILES string of the molecule is Cn1ncc2c1CCCC2NC(=O)COC(C)(C)C. The van der Waals surface area contributed by atoms with Crippen molar-refractivity contribution in [3.05, 3.63) is 17.5 Å².